The molecule has 1 unspecified atom stereocenters. The number of primary amides is 1. The zero-order chi connectivity index (χ0) is 13.3. The van der Waals surface area contributed by atoms with Crippen molar-refractivity contribution in [3.63, 3.8) is 0 Å². The fourth-order valence-corrected chi connectivity index (χ4v) is 2.03. The molecule has 1 saturated heterocycles. The molecule has 2 aliphatic heterocycles. The van der Waals surface area contributed by atoms with Crippen LogP contribution in [0.3, 0.4) is 0 Å². The van der Waals surface area contributed by atoms with Crippen LogP contribution in [0.1, 0.15) is 6.42 Å². The van der Waals surface area contributed by atoms with Crippen LogP contribution in [-0.2, 0) is 9.53 Å². The van der Waals surface area contributed by atoms with Crippen molar-refractivity contribution in [2.45, 2.75) is 31.0 Å². The number of ether oxygens (including phenoxy) is 1. The van der Waals surface area contributed by atoms with Crippen molar-refractivity contribution >= 4 is 5.91 Å². The van der Waals surface area contributed by atoms with E-state index in [1.807, 2.05) is 0 Å². The van der Waals surface area contributed by atoms with Gasteiger partial charge in [-0.3, -0.25) is 4.79 Å². The van der Waals surface area contributed by atoms with Gasteiger partial charge in [-0.2, -0.15) is 0 Å². The highest BCUT2D eigenvalue weighted by Gasteiger charge is 2.44. The van der Waals surface area contributed by atoms with Crippen molar-refractivity contribution in [1.29, 1.82) is 0 Å². The molecule has 0 aromatic heterocycles. The first-order chi connectivity index (χ1) is 8.54. The van der Waals surface area contributed by atoms with Crippen LogP contribution in [-0.4, -0.2) is 57.3 Å². The minimum Gasteiger partial charge on any atom is -0.394 e. The van der Waals surface area contributed by atoms with Crippen LogP contribution in [0.15, 0.2) is 24.0 Å². The summed E-state index contributed by atoms with van der Waals surface area (Å²) >= 11 is 0. The number of aliphatic hydroxyl groups excluding tert-OH is 3. The molecule has 100 valence electrons. The normalized spacial score (nSPS) is 35.7. The maximum absolute atomic E-state index is 11.1. The van der Waals surface area contributed by atoms with E-state index in [2.05, 4.69) is 0 Å². The van der Waals surface area contributed by atoms with Crippen molar-refractivity contribution in [3.8, 4) is 0 Å². The first kappa shape index (κ1) is 13.0. The van der Waals surface area contributed by atoms with Gasteiger partial charge in [0.1, 0.15) is 18.3 Å². The lowest BCUT2D eigenvalue weighted by Crippen LogP contribution is -2.40. The summed E-state index contributed by atoms with van der Waals surface area (Å²) in [6.07, 6.45) is 1.20. The van der Waals surface area contributed by atoms with E-state index in [9.17, 15) is 15.0 Å². The van der Waals surface area contributed by atoms with Crippen molar-refractivity contribution in [2.24, 2.45) is 5.73 Å². The topological polar surface area (TPSA) is 116 Å². The van der Waals surface area contributed by atoms with Crippen LogP contribution in [0, 0.1) is 0 Å². The van der Waals surface area contributed by atoms with Crippen LogP contribution in [0.2, 0.25) is 0 Å². The van der Waals surface area contributed by atoms with E-state index in [0.717, 1.165) is 0 Å². The van der Waals surface area contributed by atoms with Gasteiger partial charge in [0.25, 0.3) is 0 Å². The number of allylic oxidation sites excluding steroid dienone is 1. The summed E-state index contributed by atoms with van der Waals surface area (Å²) in [7, 11) is 0. The number of hydrogen-bond donors (Lipinski definition) is 4. The molecule has 0 radical (unpaired) electrons. The predicted octanol–water partition coefficient (Wildman–Crippen LogP) is -1.99. The van der Waals surface area contributed by atoms with Crippen molar-refractivity contribution in [1.82, 2.24) is 4.90 Å². The molecule has 1 fully saturated rings. The van der Waals surface area contributed by atoms with Crippen LogP contribution in [0.4, 0.5) is 0 Å². The second-order valence-electron chi connectivity index (χ2n) is 4.28. The molecule has 2 rings (SSSR count). The Morgan fingerprint density at radius 3 is 2.78 bits per heavy atom. The summed E-state index contributed by atoms with van der Waals surface area (Å²) < 4.78 is 5.33. The third kappa shape index (κ3) is 2.25. The molecule has 0 bridgehead atoms. The van der Waals surface area contributed by atoms with Crippen molar-refractivity contribution in [2.75, 3.05) is 6.61 Å². The van der Waals surface area contributed by atoms with Crippen molar-refractivity contribution < 1.29 is 24.9 Å². The monoisotopic (exact) mass is 256 g/mol. The first-order valence-corrected chi connectivity index (χ1v) is 5.61. The van der Waals surface area contributed by atoms with Gasteiger partial charge < -0.3 is 30.7 Å². The molecular formula is C11H16N2O5. The molecule has 5 N–H and O–H groups in total. The molecule has 0 saturated carbocycles. The molecular weight excluding hydrogens is 240 g/mol. The third-order valence-corrected chi connectivity index (χ3v) is 3.05. The number of hydrogen-bond acceptors (Lipinski definition) is 6. The van der Waals surface area contributed by atoms with Gasteiger partial charge in [0, 0.05) is 18.0 Å². The van der Waals surface area contributed by atoms with E-state index in [1.165, 1.54) is 11.1 Å². The molecule has 0 aromatic carbocycles. The average molecular weight is 256 g/mol. The Bertz CT molecular complexity index is 395. The fraction of sp³-hybridized carbons (Fsp3) is 0.545. The van der Waals surface area contributed by atoms with Gasteiger partial charge in [0.15, 0.2) is 6.23 Å². The summed E-state index contributed by atoms with van der Waals surface area (Å²) in [5.41, 5.74) is 5.57. The maximum atomic E-state index is 11.1. The lowest BCUT2D eigenvalue weighted by Gasteiger charge is -2.28. The Hall–Kier alpha value is -1.41. The first-order valence-electron chi connectivity index (χ1n) is 5.61. The fourth-order valence-electron chi connectivity index (χ4n) is 2.03. The summed E-state index contributed by atoms with van der Waals surface area (Å²) in [5.74, 6) is -0.545. The van der Waals surface area contributed by atoms with Gasteiger partial charge in [0.2, 0.25) is 5.91 Å². The summed E-state index contributed by atoms with van der Waals surface area (Å²) in [6, 6.07) is 0. The molecule has 7 heteroatoms. The molecule has 1 amide bonds. The number of aliphatic hydroxyl groups is 3. The number of carbonyl (C=O) groups is 1. The van der Waals surface area contributed by atoms with Crippen LogP contribution >= 0.6 is 0 Å². The standard InChI is InChI=1S/C11H16N2O5/c12-10(17)6-2-1-3-13(4-6)11-9(16)8(15)7(5-14)18-11/h1,3-4,7-9,11,14-16H,2,5H2,(H2,12,17)/t7-,8-,9-,11?/m1/s1. The lowest BCUT2D eigenvalue weighted by molar-refractivity contribution is -0.114. The van der Waals surface area contributed by atoms with Crippen LogP contribution in [0.5, 0.6) is 0 Å². The highest BCUT2D eigenvalue weighted by atomic mass is 16.6. The number of amides is 1. The van der Waals surface area contributed by atoms with E-state index >= 15 is 0 Å². The molecule has 0 spiro atoms. The van der Waals surface area contributed by atoms with E-state index in [1.54, 1.807) is 12.3 Å². The summed E-state index contributed by atoms with van der Waals surface area (Å²) in [6.45, 7) is -0.390. The molecule has 18 heavy (non-hydrogen) atoms. The summed E-state index contributed by atoms with van der Waals surface area (Å²) in [4.78, 5) is 12.5. The zero-order valence-corrected chi connectivity index (χ0v) is 9.64. The molecule has 0 aromatic rings. The number of carbonyl (C=O) groups excluding carboxylic acids is 1. The Kier molecular flexibility index (Phi) is 3.67. The molecule has 2 aliphatic rings. The van der Waals surface area contributed by atoms with Gasteiger partial charge in [-0.25, -0.2) is 0 Å². The van der Waals surface area contributed by atoms with Crippen molar-refractivity contribution in [3.05, 3.63) is 24.0 Å². The van der Waals surface area contributed by atoms with E-state index in [0.29, 0.717) is 12.0 Å². The smallest absolute Gasteiger partial charge is 0.246 e. The Morgan fingerprint density at radius 2 is 2.22 bits per heavy atom. The quantitative estimate of drug-likeness (QED) is 0.465. The second kappa shape index (κ2) is 5.07. The van der Waals surface area contributed by atoms with Gasteiger partial charge in [-0.05, 0) is 6.42 Å². The Morgan fingerprint density at radius 1 is 1.50 bits per heavy atom. The molecule has 2 heterocycles. The van der Waals surface area contributed by atoms with Crippen LogP contribution < -0.4 is 5.73 Å². The number of nitrogens with two attached hydrogens (primary N) is 1. The highest BCUT2D eigenvalue weighted by Crippen LogP contribution is 2.26. The predicted molar refractivity (Wildman–Crippen MR) is 60.6 cm³/mol. The Balaban J connectivity index is 2.15. The molecule has 4 atom stereocenters. The van der Waals surface area contributed by atoms with Gasteiger partial charge in [-0.15, -0.1) is 0 Å². The second-order valence-corrected chi connectivity index (χ2v) is 4.28. The molecule has 0 aliphatic carbocycles. The SMILES string of the molecule is NC(=O)C1=CN(C2O[C@H](CO)[C@@H](O)[C@H]2O)C=CC1. The van der Waals surface area contributed by atoms with E-state index < -0.39 is 37.1 Å². The third-order valence-electron chi connectivity index (χ3n) is 3.05. The van der Waals surface area contributed by atoms with Gasteiger partial charge in [0.05, 0.1) is 6.61 Å². The number of rotatable bonds is 3. The van der Waals surface area contributed by atoms with Gasteiger partial charge >= 0.3 is 0 Å². The van der Waals surface area contributed by atoms with E-state index in [-0.39, 0.29) is 0 Å². The minimum atomic E-state index is -1.17. The molecule has 7 nitrogen and oxygen atoms in total. The number of nitrogens with zero attached hydrogens (tertiary/aromatic N) is 1. The summed E-state index contributed by atoms with van der Waals surface area (Å²) in [5, 5.41) is 28.5. The van der Waals surface area contributed by atoms with Gasteiger partial charge in [-0.1, -0.05) is 6.08 Å². The largest absolute Gasteiger partial charge is 0.394 e. The Labute approximate surface area is 104 Å². The van der Waals surface area contributed by atoms with Crippen LogP contribution in [0.25, 0.3) is 0 Å². The average Bonchev–Trinajstić information content (AvgIpc) is 2.66. The minimum absolute atomic E-state index is 0.384. The van der Waals surface area contributed by atoms with E-state index in [4.69, 9.17) is 15.6 Å². The maximum Gasteiger partial charge on any atom is 0.246 e. The lowest BCUT2D eigenvalue weighted by atomic mass is 10.1. The highest BCUT2D eigenvalue weighted by molar-refractivity contribution is 5.92. The zero-order valence-electron chi connectivity index (χ0n) is 9.64.